The number of hydrogen-bond donors (Lipinski definition) is 2. The third-order valence-electron chi connectivity index (χ3n) is 2.16. The molecule has 0 heterocycles. The molecular formula is C7H15NO5S. The van der Waals surface area contributed by atoms with E-state index in [1.54, 1.807) is 12.4 Å². The molecule has 0 saturated carbocycles. The highest BCUT2D eigenvalue weighted by Gasteiger charge is 2.42. The van der Waals surface area contributed by atoms with E-state index in [9.17, 15) is 13.2 Å². The Kier molecular flexibility index (Phi) is 4.50. The van der Waals surface area contributed by atoms with Crippen molar-refractivity contribution in [3.63, 3.8) is 0 Å². The molecule has 1 amide bonds. The zero-order valence-electron chi connectivity index (χ0n) is 8.40. The van der Waals surface area contributed by atoms with Crippen molar-refractivity contribution in [3.05, 3.63) is 0 Å². The lowest BCUT2D eigenvalue weighted by Gasteiger charge is -2.24. The normalized spacial score (nSPS) is 16.0. The zero-order valence-corrected chi connectivity index (χ0v) is 9.22. The van der Waals surface area contributed by atoms with Gasteiger partial charge in [0.05, 0.1) is 0 Å². The molecule has 2 N–H and O–H groups in total. The van der Waals surface area contributed by atoms with E-state index in [1.807, 2.05) is 0 Å². The SMILES string of the molecule is CCC[C@](C)(C(=O)NOO)S(C)(=O)=O. The van der Waals surface area contributed by atoms with E-state index >= 15 is 0 Å². The molecule has 0 rings (SSSR count). The van der Waals surface area contributed by atoms with Gasteiger partial charge in [0, 0.05) is 6.26 Å². The van der Waals surface area contributed by atoms with Crippen LogP contribution in [0.1, 0.15) is 26.7 Å². The Labute approximate surface area is 83.1 Å². The van der Waals surface area contributed by atoms with E-state index in [-0.39, 0.29) is 6.42 Å². The summed E-state index contributed by atoms with van der Waals surface area (Å²) in [6.45, 7) is 3.05. The maximum absolute atomic E-state index is 11.4. The first-order valence-electron chi connectivity index (χ1n) is 4.10. The second-order valence-electron chi connectivity index (χ2n) is 3.28. The molecule has 0 saturated heterocycles. The molecule has 0 aliphatic carbocycles. The second kappa shape index (κ2) is 4.72. The number of sulfone groups is 1. The predicted molar refractivity (Wildman–Crippen MR) is 50.0 cm³/mol. The van der Waals surface area contributed by atoms with E-state index in [4.69, 9.17) is 5.26 Å². The van der Waals surface area contributed by atoms with Crippen molar-refractivity contribution in [1.82, 2.24) is 5.48 Å². The molecule has 0 fully saturated rings. The molecule has 1 atom stereocenters. The second-order valence-corrected chi connectivity index (χ2v) is 5.72. The summed E-state index contributed by atoms with van der Waals surface area (Å²) in [5.74, 6) is -0.871. The maximum Gasteiger partial charge on any atom is 0.267 e. The molecule has 6 nitrogen and oxygen atoms in total. The Morgan fingerprint density at radius 2 is 2.07 bits per heavy atom. The number of rotatable bonds is 5. The fourth-order valence-electron chi connectivity index (χ4n) is 1.09. The van der Waals surface area contributed by atoms with E-state index in [0.717, 1.165) is 6.26 Å². The van der Waals surface area contributed by atoms with Crippen LogP contribution in [0.3, 0.4) is 0 Å². The lowest BCUT2D eigenvalue weighted by molar-refractivity contribution is -0.285. The predicted octanol–water partition coefficient (Wildman–Crippen LogP) is 0.111. The number of amides is 1. The molecule has 0 radical (unpaired) electrons. The molecule has 0 bridgehead atoms. The first-order chi connectivity index (χ1) is 6.29. The minimum Gasteiger partial charge on any atom is -0.271 e. The van der Waals surface area contributed by atoms with E-state index in [2.05, 4.69) is 4.99 Å². The molecule has 14 heavy (non-hydrogen) atoms. The first-order valence-corrected chi connectivity index (χ1v) is 5.99. The summed E-state index contributed by atoms with van der Waals surface area (Å²) in [6, 6.07) is 0. The van der Waals surface area contributed by atoms with Crippen molar-refractivity contribution in [2.24, 2.45) is 0 Å². The van der Waals surface area contributed by atoms with Gasteiger partial charge >= 0.3 is 0 Å². The van der Waals surface area contributed by atoms with Crippen LogP contribution in [0.25, 0.3) is 0 Å². The average molecular weight is 225 g/mol. The van der Waals surface area contributed by atoms with Gasteiger partial charge in [0.2, 0.25) is 0 Å². The van der Waals surface area contributed by atoms with Crippen molar-refractivity contribution >= 4 is 15.7 Å². The highest BCUT2D eigenvalue weighted by Crippen LogP contribution is 2.22. The van der Waals surface area contributed by atoms with Crippen molar-refractivity contribution in [2.45, 2.75) is 31.4 Å². The van der Waals surface area contributed by atoms with Crippen molar-refractivity contribution in [3.8, 4) is 0 Å². The van der Waals surface area contributed by atoms with Gasteiger partial charge in [0.25, 0.3) is 5.91 Å². The number of hydroxylamine groups is 1. The summed E-state index contributed by atoms with van der Waals surface area (Å²) in [5.41, 5.74) is 1.61. The minimum absolute atomic E-state index is 0.168. The standard InChI is InChI=1S/C7H15NO5S/c1-4-5-7(2,14(3,11)12)6(9)8-13-10/h10H,4-5H2,1-3H3,(H,8,9)/t7-/m1/s1. The van der Waals surface area contributed by atoms with Gasteiger partial charge in [0.1, 0.15) is 4.75 Å². The van der Waals surface area contributed by atoms with Gasteiger partial charge < -0.3 is 0 Å². The topological polar surface area (TPSA) is 92.7 Å². The first kappa shape index (κ1) is 13.3. The lowest BCUT2D eigenvalue weighted by atomic mass is 10.1. The molecule has 0 spiro atoms. The van der Waals surface area contributed by atoms with Gasteiger partial charge in [-0.2, -0.15) is 0 Å². The summed E-state index contributed by atoms with van der Waals surface area (Å²) in [6.07, 6.45) is 1.67. The monoisotopic (exact) mass is 225 g/mol. The fourth-order valence-corrected chi connectivity index (χ4v) is 2.05. The number of carbonyl (C=O) groups is 1. The number of carbonyl (C=O) groups excluding carboxylic acids is 1. The Morgan fingerprint density at radius 3 is 2.36 bits per heavy atom. The summed E-state index contributed by atoms with van der Waals surface area (Å²) in [5, 5.41) is 8.01. The largest absolute Gasteiger partial charge is 0.271 e. The van der Waals surface area contributed by atoms with Gasteiger partial charge in [-0.25, -0.2) is 19.2 Å². The zero-order chi connectivity index (χ0) is 11.4. The van der Waals surface area contributed by atoms with E-state index in [1.165, 1.54) is 6.92 Å². The Hall–Kier alpha value is -0.660. The Balaban J connectivity index is 5.01. The van der Waals surface area contributed by atoms with Gasteiger partial charge in [-0.05, 0) is 13.3 Å². The highest BCUT2D eigenvalue weighted by atomic mass is 32.2. The third-order valence-corrected chi connectivity index (χ3v) is 4.19. The maximum atomic E-state index is 11.4. The van der Waals surface area contributed by atoms with Crippen LogP contribution >= 0.6 is 0 Å². The van der Waals surface area contributed by atoms with E-state index in [0.29, 0.717) is 6.42 Å². The Bertz CT molecular complexity index is 299. The van der Waals surface area contributed by atoms with Crippen LogP contribution < -0.4 is 5.48 Å². The molecule has 0 unspecified atom stereocenters. The molecule has 0 aliphatic heterocycles. The molecule has 0 aromatic rings. The van der Waals surface area contributed by atoms with Crippen LogP contribution in [-0.4, -0.2) is 30.6 Å². The van der Waals surface area contributed by atoms with Crippen molar-refractivity contribution in [1.29, 1.82) is 0 Å². The van der Waals surface area contributed by atoms with Gasteiger partial charge in [-0.1, -0.05) is 13.3 Å². The lowest BCUT2D eigenvalue weighted by Crippen LogP contribution is -2.49. The highest BCUT2D eigenvalue weighted by molar-refractivity contribution is 7.92. The number of hydrogen-bond acceptors (Lipinski definition) is 5. The minimum atomic E-state index is -3.55. The fraction of sp³-hybridized carbons (Fsp3) is 0.857. The van der Waals surface area contributed by atoms with Crippen molar-refractivity contribution in [2.75, 3.05) is 6.26 Å². The van der Waals surface area contributed by atoms with E-state index < -0.39 is 20.5 Å². The van der Waals surface area contributed by atoms with Crippen LogP contribution in [-0.2, 0) is 19.6 Å². The summed E-state index contributed by atoms with van der Waals surface area (Å²) >= 11 is 0. The summed E-state index contributed by atoms with van der Waals surface area (Å²) in [7, 11) is -3.55. The van der Waals surface area contributed by atoms with Gasteiger partial charge in [-0.3, -0.25) is 4.79 Å². The average Bonchev–Trinajstić information content (AvgIpc) is 2.03. The Morgan fingerprint density at radius 1 is 1.57 bits per heavy atom. The molecule has 84 valence electrons. The molecular weight excluding hydrogens is 210 g/mol. The molecule has 0 aromatic heterocycles. The van der Waals surface area contributed by atoms with Gasteiger partial charge in [-0.15, -0.1) is 4.99 Å². The molecule has 7 heteroatoms. The quantitative estimate of drug-likeness (QED) is 0.511. The third kappa shape index (κ3) is 2.66. The van der Waals surface area contributed by atoms with Crippen LogP contribution in [0.5, 0.6) is 0 Å². The van der Waals surface area contributed by atoms with Crippen LogP contribution in [0.15, 0.2) is 0 Å². The van der Waals surface area contributed by atoms with Crippen LogP contribution in [0, 0.1) is 0 Å². The van der Waals surface area contributed by atoms with Crippen LogP contribution in [0.2, 0.25) is 0 Å². The van der Waals surface area contributed by atoms with Crippen LogP contribution in [0.4, 0.5) is 0 Å². The van der Waals surface area contributed by atoms with Crippen molar-refractivity contribution < 1.29 is 23.5 Å². The summed E-state index contributed by atoms with van der Waals surface area (Å²) in [4.78, 5) is 14.8. The van der Waals surface area contributed by atoms with Gasteiger partial charge in [0.15, 0.2) is 9.84 Å². The smallest absolute Gasteiger partial charge is 0.267 e. The summed E-state index contributed by atoms with van der Waals surface area (Å²) < 4.78 is 21.2. The molecule has 0 aromatic carbocycles. The molecule has 0 aliphatic rings. The number of nitrogens with one attached hydrogen (secondary N) is 1.